The number of rotatable bonds is 8. The Labute approximate surface area is 105 Å². The molecule has 0 aromatic rings. The molecule has 0 aliphatic rings. The summed E-state index contributed by atoms with van der Waals surface area (Å²) in [6, 6.07) is -0.121. The molecule has 1 unspecified atom stereocenters. The number of hydrogen-bond acceptors (Lipinski definition) is 5. The zero-order chi connectivity index (χ0) is 13.7. The van der Waals surface area contributed by atoms with Crippen molar-refractivity contribution in [2.45, 2.75) is 26.8 Å². The molecule has 0 saturated heterocycles. The lowest BCUT2D eigenvalue weighted by molar-refractivity contribution is 0.435. The van der Waals surface area contributed by atoms with Crippen LogP contribution in [0.2, 0.25) is 0 Å². The van der Waals surface area contributed by atoms with E-state index in [0.717, 1.165) is 6.26 Å². The highest BCUT2D eigenvalue weighted by Crippen LogP contribution is 2.06. The van der Waals surface area contributed by atoms with Crippen LogP contribution in [0.4, 0.5) is 0 Å². The Kier molecular flexibility index (Phi) is 6.65. The van der Waals surface area contributed by atoms with Crippen LogP contribution in [-0.4, -0.2) is 52.9 Å². The van der Waals surface area contributed by atoms with Crippen LogP contribution >= 0.6 is 0 Å². The lowest BCUT2D eigenvalue weighted by atomic mass is 10.1. The van der Waals surface area contributed by atoms with Crippen LogP contribution in [0.3, 0.4) is 0 Å². The van der Waals surface area contributed by atoms with Crippen LogP contribution in [0.1, 0.15) is 20.8 Å². The summed E-state index contributed by atoms with van der Waals surface area (Å²) in [6.45, 7) is 6.50. The third-order valence-electron chi connectivity index (χ3n) is 2.47. The molecule has 0 heterocycles. The quantitative estimate of drug-likeness (QED) is 0.683. The predicted molar refractivity (Wildman–Crippen MR) is 70.7 cm³/mol. The van der Waals surface area contributed by atoms with E-state index < -0.39 is 19.7 Å². The fraction of sp³-hybridized carbons (Fsp3) is 1.00. The fourth-order valence-electron chi connectivity index (χ4n) is 1.38. The van der Waals surface area contributed by atoms with E-state index in [1.54, 1.807) is 0 Å². The maximum atomic E-state index is 11.8. The molecule has 17 heavy (non-hydrogen) atoms. The van der Waals surface area contributed by atoms with Gasteiger partial charge in [-0.3, -0.25) is 0 Å². The van der Waals surface area contributed by atoms with Gasteiger partial charge in [-0.2, -0.15) is 0 Å². The summed E-state index contributed by atoms with van der Waals surface area (Å²) >= 11 is 0. The van der Waals surface area contributed by atoms with Crippen molar-refractivity contribution in [3.05, 3.63) is 0 Å². The molecule has 0 fully saturated rings. The highest BCUT2D eigenvalue weighted by atomic mass is 32.2. The highest BCUT2D eigenvalue weighted by Gasteiger charge is 2.22. The van der Waals surface area contributed by atoms with Crippen molar-refractivity contribution in [2.75, 3.05) is 30.1 Å². The number of hydrogen-bond donors (Lipinski definition) is 1. The van der Waals surface area contributed by atoms with Crippen LogP contribution in [0.15, 0.2) is 0 Å². The fourth-order valence-corrected chi connectivity index (χ4v) is 4.83. The van der Waals surface area contributed by atoms with E-state index in [4.69, 9.17) is 0 Å². The Morgan fingerprint density at radius 3 is 1.94 bits per heavy atom. The molecule has 0 aliphatic carbocycles. The van der Waals surface area contributed by atoms with E-state index in [1.165, 1.54) is 0 Å². The van der Waals surface area contributed by atoms with E-state index in [-0.39, 0.29) is 29.2 Å². The van der Waals surface area contributed by atoms with Crippen LogP contribution in [0, 0.1) is 5.92 Å². The van der Waals surface area contributed by atoms with Crippen LogP contribution < -0.4 is 5.32 Å². The third-order valence-corrected chi connectivity index (χ3v) is 5.37. The maximum absolute atomic E-state index is 11.8. The largest absolute Gasteiger partial charge is 0.313 e. The van der Waals surface area contributed by atoms with Crippen molar-refractivity contribution in [1.29, 1.82) is 0 Å². The Hall–Kier alpha value is -0.140. The van der Waals surface area contributed by atoms with Gasteiger partial charge in [0.05, 0.1) is 17.3 Å². The first-order valence-corrected chi connectivity index (χ1v) is 9.57. The third kappa shape index (κ3) is 8.57. The zero-order valence-corrected chi connectivity index (χ0v) is 12.6. The van der Waals surface area contributed by atoms with Gasteiger partial charge in [-0.15, -0.1) is 0 Å². The molecule has 104 valence electrons. The van der Waals surface area contributed by atoms with Gasteiger partial charge in [0.25, 0.3) is 0 Å². The predicted octanol–water partition coefficient (Wildman–Crippen LogP) is 0.0799. The van der Waals surface area contributed by atoms with Gasteiger partial charge in [0.1, 0.15) is 9.84 Å². The summed E-state index contributed by atoms with van der Waals surface area (Å²) < 4.78 is 45.4. The first-order valence-electron chi connectivity index (χ1n) is 5.69. The molecule has 0 saturated carbocycles. The molecule has 0 radical (unpaired) electrons. The minimum atomic E-state index is -3.32. The summed E-state index contributed by atoms with van der Waals surface area (Å²) in [4.78, 5) is 0. The van der Waals surface area contributed by atoms with E-state index in [0.29, 0.717) is 6.54 Å². The van der Waals surface area contributed by atoms with Crippen LogP contribution in [0.5, 0.6) is 0 Å². The number of nitrogens with one attached hydrogen (secondary N) is 1. The van der Waals surface area contributed by atoms with E-state index >= 15 is 0 Å². The second-order valence-corrected chi connectivity index (χ2v) is 9.14. The first-order chi connectivity index (χ1) is 7.57. The smallest absolute Gasteiger partial charge is 0.152 e. The van der Waals surface area contributed by atoms with Crippen molar-refractivity contribution in [3.63, 3.8) is 0 Å². The molecule has 1 atom stereocenters. The minimum Gasteiger partial charge on any atom is -0.313 e. The number of sulfone groups is 2. The molecule has 7 heteroatoms. The lowest BCUT2D eigenvalue weighted by Gasteiger charge is -2.21. The molecule has 5 nitrogen and oxygen atoms in total. The van der Waals surface area contributed by atoms with Crippen molar-refractivity contribution >= 4 is 19.7 Å². The Morgan fingerprint density at radius 2 is 1.59 bits per heavy atom. The molecule has 0 bridgehead atoms. The zero-order valence-electron chi connectivity index (χ0n) is 10.9. The Morgan fingerprint density at radius 1 is 1.06 bits per heavy atom. The SMILES string of the molecule is CCNC(CS(=O)(=O)CCS(C)(=O)=O)C(C)C. The molecule has 0 aromatic heterocycles. The highest BCUT2D eigenvalue weighted by molar-refractivity contribution is 7.94. The lowest BCUT2D eigenvalue weighted by Crippen LogP contribution is -2.40. The van der Waals surface area contributed by atoms with Crippen molar-refractivity contribution in [3.8, 4) is 0 Å². The van der Waals surface area contributed by atoms with Crippen LogP contribution in [0.25, 0.3) is 0 Å². The van der Waals surface area contributed by atoms with Crippen molar-refractivity contribution in [1.82, 2.24) is 5.32 Å². The molecular formula is C10H23NO4S2. The van der Waals surface area contributed by atoms with Crippen molar-refractivity contribution in [2.24, 2.45) is 5.92 Å². The van der Waals surface area contributed by atoms with Gasteiger partial charge >= 0.3 is 0 Å². The van der Waals surface area contributed by atoms with Gasteiger partial charge in [-0.25, -0.2) is 16.8 Å². The van der Waals surface area contributed by atoms with Gasteiger partial charge in [-0.1, -0.05) is 20.8 Å². The van der Waals surface area contributed by atoms with Gasteiger partial charge in [-0.05, 0) is 12.5 Å². The standard InChI is InChI=1S/C10H23NO4S2/c1-5-11-10(9(2)3)8-17(14,15)7-6-16(4,12)13/h9-11H,5-8H2,1-4H3. The van der Waals surface area contributed by atoms with E-state index in [2.05, 4.69) is 5.32 Å². The Bertz CT molecular complexity index is 412. The Balaban J connectivity index is 4.51. The maximum Gasteiger partial charge on any atom is 0.152 e. The summed E-state index contributed by atoms with van der Waals surface area (Å²) in [6.07, 6.45) is 1.05. The van der Waals surface area contributed by atoms with E-state index in [9.17, 15) is 16.8 Å². The monoisotopic (exact) mass is 285 g/mol. The topological polar surface area (TPSA) is 80.3 Å². The molecule has 0 aliphatic heterocycles. The van der Waals surface area contributed by atoms with Gasteiger partial charge in [0, 0.05) is 12.3 Å². The summed E-state index contributed by atoms with van der Waals surface area (Å²) in [7, 11) is -6.55. The van der Waals surface area contributed by atoms with Crippen LogP contribution in [-0.2, 0) is 19.7 Å². The second-order valence-electron chi connectivity index (χ2n) is 4.65. The second kappa shape index (κ2) is 6.70. The average molecular weight is 285 g/mol. The molecule has 0 aromatic carbocycles. The summed E-state index contributed by atoms with van der Waals surface area (Å²) in [5, 5.41) is 3.11. The minimum absolute atomic E-state index is 0.00593. The molecule has 1 N–H and O–H groups in total. The molecule has 0 rings (SSSR count). The average Bonchev–Trinajstić information content (AvgIpc) is 2.13. The molecular weight excluding hydrogens is 262 g/mol. The van der Waals surface area contributed by atoms with Gasteiger partial charge < -0.3 is 5.32 Å². The summed E-state index contributed by atoms with van der Waals surface area (Å²) in [5.74, 6) is -0.399. The van der Waals surface area contributed by atoms with Crippen molar-refractivity contribution < 1.29 is 16.8 Å². The van der Waals surface area contributed by atoms with Gasteiger partial charge in [0.15, 0.2) is 9.84 Å². The molecule has 0 spiro atoms. The van der Waals surface area contributed by atoms with E-state index in [1.807, 2.05) is 20.8 Å². The molecule has 0 amide bonds. The van der Waals surface area contributed by atoms with Gasteiger partial charge in [0.2, 0.25) is 0 Å². The first kappa shape index (κ1) is 16.9. The summed E-state index contributed by atoms with van der Waals surface area (Å²) in [5.41, 5.74) is 0. The normalized spacial score (nSPS) is 15.1.